The molecule has 0 saturated heterocycles. The Hall–Kier alpha value is -3.42. The molecule has 0 spiro atoms. The lowest BCUT2D eigenvalue weighted by atomic mass is 10.2. The van der Waals surface area contributed by atoms with Crippen LogP contribution in [0.3, 0.4) is 0 Å². The zero-order valence-electron chi connectivity index (χ0n) is 16.2. The first-order chi connectivity index (χ1) is 13.5. The van der Waals surface area contributed by atoms with Crippen LogP contribution in [0.25, 0.3) is 0 Å². The van der Waals surface area contributed by atoms with Gasteiger partial charge in [0.2, 0.25) is 0 Å². The van der Waals surface area contributed by atoms with Crippen molar-refractivity contribution in [1.82, 2.24) is 5.43 Å². The lowest BCUT2D eigenvalue weighted by Gasteiger charge is -2.20. The van der Waals surface area contributed by atoms with Crippen molar-refractivity contribution in [1.29, 1.82) is 0 Å². The Morgan fingerprint density at radius 2 is 1.86 bits per heavy atom. The van der Waals surface area contributed by atoms with E-state index in [9.17, 15) is 14.9 Å². The third-order valence-electron chi connectivity index (χ3n) is 4.14. The van der Waals surface area contributed by atoms with Gasteiger partial charge in [-0.3, -0.25) is 14.9 Å². The van der Waals surface area contributed by atoms with Gasteiger partial charge in [-0.05, 0) is 44.5 Å². The van der Waals surface area contributed by atoms with Crippen molar-refractivity contribution in [3.8, 4) is 5.75 Å². The predicted octanol–water partition coefficient (Wildman–Crippen LogP) is 3.36. The highest BCUT2D eigenvalue weighted by atomic mass is 16.6. The molecule has 0 radical (unpaired) electrons. The SMILES string of the molecule is CCN(CC)c1ccc(C=NNC(=O)[C@H](C)Oc2ccccc2[N+](=O)[O-])cc1. The molecule has 148 valence electrons. The van der Waals surface area contributed by atoms with Gasteiger partial charge < -0.3 is 9.64 Å². The van der Waals surface area contributed by atoms with Gasteiger partial charge in [0.25, 0.3) is 5.91 Å². The molecule has 0 aliphatic rings. The molecule has 1 atom stereocenters. The van der Waals surface area contributed by atoms with E-state index in [0.717, 1.165) is 24.3 Å². The smallest absolute Gasteiger partial charge is 0.310 e. The summed E-state index contributed by atoms with van der Waals surface area (Å²) in [5, 5.41) is 14.9. The first-order valence-corrected chi connectivity index (χ1v) is 9.04. The number of benzene rings is 2. The number of hydrazone groups is 1. The first-order valence-electron chi connectivity index (χ1n) is 9.04. The van der Waals surface area contributed by atoms with Crippen LogP contribution < -0.4 is 15.1 Å². The van der Waals surface area contributed by atoms with Crippen LogP contribution in [0.4, 0.5) is 11.4 Å². The maximum atomic E-state index is 12.1. The van der Waals surface area contributed by atoms with E-state index in [4.69, 9.17) is 4.74 Å². The molecule has 0 unspecified atom stereocenters. The molecular formula is C20H24N4O4. The van der Waals surface area contributed by atoms with E-state index in [1.807, 2.05) is 24.3 Å². The number of ether oxygens (including phenoxy) is 1. The average Bonchev–Trinajstić information content (AvgIpc) is 2.70. The van der Waals surface area contributed by atoms with Gasteiger partial charge in [0.1, 0.15) is 0 Å². The van der Waals surface area contributed by atoms with Gasteiger partial charge in [0.05, 0.1) is 11.1 Å². The fraction of sp³-hybridized carbons (Fsp3) is 0.300. The standard InChI is InChI=1S/C20H24N4O4/c1-4-23(5-2)17-12-10-16(11-13-17)14-21-22-20(25)15(3)28-19-9-7-6-8-18(19)24(26)27/h6-15H,4-5H2,1-3H3,(H,22,25)/t15-/m0/s1. The number of nitro benzene ring substituents is 1. The largest absolute Gasteiger partial charge is 0.474 e. The summed E-state index contributed by atoms with van der Waals surface area (Å²) in [5.41, 5.74) is 4.15. The molecule has 8 heteroatoms. The summed E-state index contributed by atoms with van der Waals surface area (Å²) in [4.78, 5) is 24.8. The minimum atomic E-state index is -0.941. The van der Waals surface area contributed by atoms with Gasteiger partial charge in [-0.1, -0.05) is 24.3 Å². The van der Waals surface area contributed by atoms with Gasteiger partial charge in [-0.25, -0.2) is 5.43 Å². The van der Waals surface area contributed by atoms with Crippen molar-refractivity contribution in [3.63, 3.8) is 0 Å². The second kappa shape index (κ2) is 10.1. The van der Waals surface area contributed by atoms with Gasteiger partial charge in [-0.2, -0.15) is 5.10 Å². The second-order valence-electron chi connectivity index (χ2n) is 5.98. The highest BCUT2D eigenvalue weighted by Crippen LogP contribution is 2.26. The summed E-state index contributed by atoms with van der Waals surface area (Å²) in [6, 6.07) is 13.7. The third kappa shape index (κ3) is 5.54. The van der Waals surface area contributed by atoms with Gasteiger partial charge in [0.15, 0.2) is 11.9 Å². The number of amides is 1. The maximum Gasteiger partial charge on any atom is 0.310 e. The van der Waals surface area contributed by atoms with E-state index in [2.05, 4.69) is 29.3 Å². The molecule has 0 heterocycles. The molecule has 2 aromatic rings. The Kier molecular flexibility index (Phi) is 7.50. The number of nitrogens with one attached hydrogen (secondary N) is 1. The number of carbonyl (C=O) groups is 1. The van der Waals surface area contributed by atoms with Crippen LogP contribution in [0.1, 0.15) is 26.3 Å². The van der Waals surface area contributed by atoms with Crippen molar-refractivity contribution in [2.24, 2.45) is 5.10 Å². The number of anilines is 1. The van der Waals surface area contributed by atoms with E-state index in [-0.39, 0.29) is 11.4 Å². The summed E-state index contributed by atoms with van der Waals surface area (Å²) in [6.45, 7) is 7.55. The first kappa shape index (κ1) is 20.9. The molecule has 2 rings (SSSR count). The van der Waals surface area contributed by atoms with Crippen molar-refractivity contribution in [2.75, 3.05) is 18.0 Å². The molecule has 0 aromatic heterocycles. The Bertz CT molecular complexity index is 832. The number of carbonyl (C=O) groups excluding carboxylic acids is 1. The third-order valence-corrected chi connectivity index (χ3v) is 4.14. The highest BCUT2D eigenvalue weighted by molar-refractivity contribution is 5.84. The topological polar surface area (TPSA) is 97.1 Å². The lowest BCUT2D eigenvalue weighted by molar-refractivity contribution is -0.386. The van der Waals surface area contributed by atoms with Crippen LogP contribution in [0.5, 0.6) is 5.75 Å². The fourth-order valence-corrected chi connectivity index (χ4v) is 2.57. The van der Waals surface area contributed by atoms with Crippen LogP contribution in [0, 0.1) is 10.1 Å². The molecule has 1 N–H and O–H groups in total. The summed E-state index contributed by atoms with van der Waals surface area (Å²) < 4.78 is 5.40. The molecule has 1 amide bonds. The molecular weight excluding hydrogens is 360 g/mol. The van der Waals surface area contributed by atoms with Crippen molar-refractivity contribution in [3.05, 3.63) is 64.2 Å². The van der Waals surface area contributed by atoms with Crippen molar-refractivity contribution < 1.29 is 14.5 Å². The zero-order chi connectivity index (χ0) is 20.5. The number of para-hydroxylation sites is 2. The Balaban J connectivity index is 1.93. The molecule has 2 aromatic carbocycles. The summed E-state index contributed by atoms with van der Waals surface area (Å²) in [5.74, 6) is -0.472. The molecule has 0 aliphatic heterocycles. The molecule has 0 aliphatic carbocycles. The number of hydrogen-bond acceptors (Lipinski definition) is 6. The number of nitro groups is 1. The van der Waals surface area contributed by atoms with E-state index in [1.54, 1.807) is 6.07 Å². The normalized spacial score (nSPS) is 11.8. The van der Waals surface area contributed by atoms with Crippen LogP contribution in [-0.2, 0) is 4.79 Å². The number of nitrogens with zero attached hydrogens (tertiary/aromatic N) is 3. The Morgan fingerprint density at radius 3 is 2.46 bits per heavy atom. The van der Waals surface area contributed by atoms with Crippen molar-refractivity contribution >= 4 is 23.5 Å². The lowest BCUT2D eigenvalue weighted by Crippen LogP contribution is -2.33. The van der Waals surface area contributed by atoms with Crippen LogP contribution >= 0.6 is 0 Å². The Morgan fingerprint density at radius 1 is 1.21 bits per heavy atom. The van der Waals surface area contributed by atoms with Crippen LogP contribution in [0.2, 0.25) is 0 Å². The van der Waals surface area contributed by atoms with Crippen LogP contribution in [0.15, 0.2) is 53.6 Å². The molecule has 28 heavy (non-hydrogen) atoms. The van der Waals surface area contributed by atoms with E-state index in [0.29, 0.717) is 0 Å². The molecule has 0 fully saturated rings. The quantitative estimate of drug-likeness (QED) is 0.406. The number of rotatable bonds is 9. The van der Waals surface area contributed by atoms with E-state index in [1.165, 1.54) is 31.3 Å². The Labute approximate surface area is 164 Å². The summed E-state index contributed by atoms with van der Waals surface area (Å²) in [6.07, 6.45) is 0.588. The summed E-state index contributed by atoms with van der Waals surface area (Å²) in [7, 11) is 0. The fourth-order valence-electron chi connectivity index (χ4n) is 2.57. The summed E-state index contributed by atoms with van der Waals surface area (Å²) >= 11 is 0. The average molecular weight is 384 g/mol. The van der Waals surface area contributed by atoms with Gasteiger partial charge in [-0.15, -0.1) is 0 Å². The maximum absolute atomic E-state index is 12.1. The van der Waals surface area contributed by atoms with Gasteiger partial charge >= 0.3 is 5.69 Å². The van der Waals surface area contributed by atoms with Crippen LogP contribution in [-0.4, -0.2) is 36.2 Å². The highest BCUT2D eigenvalue weighted by Gasteiger charge is 2.20. The van der Waals surface area contributed by atoms with Gasteiger partial charge in [0, 0.05) is 24.8 Å². The minimum Gasteiger partial charge on any atom is -0.474 e. The van der Waals surface area contributed by atoms with Crippen molar-refractivity contribution in [2.45, 2.75) is 26.9 Å². The molecule has 8 nitrogen and oxygen atoms in total. The number of hydrogen-bond donors (Lipinski definition) is 1. The monoisotopic (exact) mass is 384 g/mol. The second-order valence-corrected chi connectivity index (χ2v) is 5.98. The zero-order valence-corrected chi connectivity index (χ0v) is 16.2. The molecule has 0 bridgehead atoms. The predicted molar refractivity (Wildman–Crippen MR) is 109 cm³/mol. The molecule has 0 saturated carbocycles. The van der Waals surface area contributed by atoms with E-state index < -0.39 is 16.9 Å². The van der Waals surface area contributed by atoms with E-state index >= 15 is 0 Å². The minimum absolute atomic E-state index is 0.0334.